The van der Waals surface area contributed by atoms with Gasteiger partial charge in [0.15, 0.2) is 11.0 Å². The van der Waals surface area contributed by atoms with E-state index in [4.69, 9.17) is 16.3 Å². The first-order valence-electron chi connectivity index (χ1n) is 9.87. The second-order valence-electron chi connectivity index (χ2n) is 6.80. The number of aromatic nitrogens is 3. The van der Waals surface area contributed by atoms with Crippen LogP contribution in [-0.4, -0.2) is 38.5 Å². The number of nitro groups is 1. The Hall–Kier alpha value is -3.11. The molecule has 1 N–H and O–H groups in total. The van der Waals surface area contributed by atoms with Crippen LogP contribution >= 0.6 is 23.4 Å². The standard InChI is InChI=1S/C21H22ClN5O4S/c1-3-4-11-26-20(14-5-8-16(31-2)9-6-14)24-25-21(26)32-13-19(28)23-17-10-7-15(22)12-18(17)27(29)30/h5-10,12H,3-4,11,13H2,1-2H3,(H,23,28). The number of nitrogens with one attached hydrogen (secondary N) is 1. The van der Waals surface area contributed by atoms with Crippen molar-refractivity contribution in [1.82, 2.24) is 14.8 Å². The molecule has 0 aliphatic heterocycles. The van der Waals surface area contributed by atoms with Crippen LogP contribution in [0.1, 0.15) is 19.8 Å². The number of hydrogen-bond donors (Lipinski definition) is 1. The average molecular weight is 476 g/mol. The molecule has 0 radical (unpaired) electrons. The molecule has 0 unspecified atom stereocenters. The zero-order valence-electron chi connectivity index (χ0n) is 17.6. The molecule has 2 aromatic carbocycles. The topological polar surface area (TPSA) is 112 Å². The fourth-order valence-electron chi connectivity index (χ4n) is 2.94. The van der Waals surface area contributed by atoms with Crippen molar-refractivity contribution < 1.29 is 14.5 Å². The van der Waals surface area contributed by atoms with E-state index in [1.807, 2.05) is 28.8 Å². The van der Waals surface area contributed by atoms with E-state index in [0.717, 1.165) is 24.2 Å². The van der Waals surface area contributed by atoms with Gasteiger partial charge >= 0.3 is 0 Å². The molecule has 1 heterocycles. The molecule has 168 valence electrons. The third-order valence-corrected chi connectivity index (χ3v) is 5.77. The number of carbonyl (C=O) groups excluding carboxylic acids is 1. The van der Waals surface area contributed by atoms with Crippen LogP contribution in [0.2, 0.25) is 5.02 Å². The molecule has 0 atom stereocenters. The zero-order valence-corrected chi connectivity index (χ0v) is 19.2. The van der Waals surface area contributed by atoms with Gasteiger partial charge in [-0.15, -0.1) is 10.2 Å². The maximum atomic E-state index is 12.5. The van der Waals surface area contributed by atoms with E-state index in [-0.39, 0.29) is 22.2 Å². The summed E-state index contributed by atoms with van der Waals surface area (Å²) >= 11 is 7.04. The van der Waals surface area contributed by atoms with Gasteiger partial charge in [-0.05, 0) is 42.8 Å². The van der Waals surface area contributed by atoms with Crippen LogP contribution in [0.3, 0.4) is 0 Å². The van der Waals surface area contributed by atoms with Gasteiger partial charge in [0.1, 0.15) is 11.4 Å². The highest BCUT2D eigenvalue weighted by Crippen LogP contribution is 2.29. The van der Waals surface area contributed by atoms with Crippen LogP contribution in [0.5, 0.6) is 5.75 Å². The lowest BCUT2D eigenvalue weighted by atomic mass is 10.2. The number of anilines is 1. The van der Waals surface area contributed by atoms with E-state index >= 15 is 0 Å². The van der Waals surface area contributed by atoms with Gasteiger partial charge in [-0.3, -0.25) is 14.9 Å². The lowest BCUT2D eigenvalue weighted by Crippen LogP contribution is -2.15. The van der Waals surface area contributed by atoms with Crippen LogP contribution in [0, 0.1) is 10.1 Å². The lowest BCUT2D eigenvalue weighted by molar-refractivity contribution is -0.383. The Kier molecular flexibility index (Phi) is 8.07. The number of ether oxygens (including phenoxy) is 1. The SMILES string of the molecule is CCCCn1c(SCC(=O)Nc2ccc(Cl)cc2[N+](=O)[O-])nnc1-c1ccc(OC)cc1. The molecule has 3 rings (SSSR count). The summed E-state index contributed by atoms with van der Waals surface area (Å²) in [6.45, 7) is 2.80. The summed E-state index contributed by atoms with van der Waals surface area (Å²) in [7, 11) is 1.61. The van der Waals surface area contributed by atoms with Gasteiger partial charge in [-0.2, -0.15) is 0 Å². The Morgan fingerprint density at radius 2 is 2.00 bits per heavy atom. The van der Waals surface area contributed by atoms with E-state index in [9.17, 15) is 14.9 Å². The molecule has 1 amide bonds. The molecule has 0 aliphatic rings. The number of nitro benzene ring substituents is 1. The minimum absolute atomic E-state index is 0.0205. The maximum Gasteiger partial charge on any atom is 0.294 e. The highest BCUT2D eigenvalue weighted by molar-refractivity contribution is 7.99. The summed E-state index contributed by atoms with van der Waals surface area (Å²) < 4.78 is 7.19. The first-order valence-corrected chi connectivity index (χ1v) is 11.2. The Balaban J connectivity index is 1.75. The minimum Gasteiger partial charge on any atom is -0.497 e. The predicted molar refractivity (Wildman–Crippen MR) is 124 cm³/mol. The largest absolute Gasteiger partial charge is 0.497 e. The number of halogens is 1. The molecule has 0 fully saturated rings. The first-order chi connectivity index (χ1) is 15.4. The van der Waals surface area contributed by atoms with Gasteiger partial charge in [0.2, 0.25) is 5.91 Å². The third-order valence-electron chi connectivity index (χ3n) is 4.56. The number of methoxy groups -OCH3 is 1. The van der Waals surface area contributed by atoms with Crippen LogP contribution in [0.25, 0.3) is 11.4 Å². The van der Waals surface area contributed by atoms with Crippen LogP contribution < -0.4 is 10.1 Å². The van der Waals surface area contributed by atoms with Gasteiger partial charge < -0.3 is 14.6 Å². The van der Waals surface area contributed by atoms with Crippen molar-refractivity contribution in [2.75, 3.05) is 18.2 Å². The van der Waals surface area contributed by atoms with Crippen LogP contribution in [-0.2, 0) is 11.3 Å². The summed E-state index contributed by atoms with van der Waals surface area (Å²) in [6, 6.07) is 11.6. The fraction of sp³-hybridized carbons (Fsp3) is 0.286. The Labute approximate surface area is 194 Å². The summed E-state index contributed by atoms with van der Waals surface area (Å²) in [5, 5.41) is 23.2. The summed E-state index contributed by atoms with van der Waals surface area (Å²) in [4.78, 5) is 23.1. The molecule has 1 aromatic heterocycles. The van der Waals surface area contributed by atoms with Crippen molar-refractivity contribution in [2.24, 2.45) is 0 Å². The molecule has 0 bridgehead atoms. The van der Waals surface area contributed by atoms with Crippen molar-refractivity contribution in [1.29, 1.82) is 0 Å². The molecule has 9 nitrogen and oxygen atoms in total. The van der Waals surface area contributed by atoms with Gasteiger partial charge in [-0.25, -0.2) is 0 Å². The molecule has 0 saturated heterocycles. The van der Waals surface area contributed by atoms with Crippen LogP contribution in [0.15, 0.2) is 47.6 Å². The molecular formula is C21H22ClN5O4S. The van der Waals surface area contributed by atoms with Gasteiger partial charge in [0, 0.05) is 23.2 Å². The molecule has 0 spiro atoms. The van der Waals surface area contributed by atoms with Crippen molar-refractivity contribution in [3.05, 3.63) is 57.6 Å². The number of nitrogens with zero attached hydrogens (tertiary/aromatic N) is 4. The van der Waals surface area contributed by atoms with Gasteiger partial charge in [-0.1, -0.05) is 36.7 Å². The molecule has 32 heavy (non-hydrogen) atoms. The summed E-state index contributed by atoms with van der Waals surface area (Å²) in [5.41, 5.74) is 0.725. The number of rotatable bonds is 10. The summed E-state index contributed by atoms with van der Waals surface area (Å²) in [5.74, 6) is 1.08. The predicted octanol–water partition coefficient (Wildman–Crippen LogP) is 5.05. The number of benzene rings is 2. The van der Waals surface area contributed by atoms with E-state index in [1.165, 1.54) is 30.0 Å². The second-order valence-corrected chi connectivity index (χ2v) is 8.17. The number of hydrogen-bond acceptors (Lipinski definition) is 7. The Morgan fingerprint density at radius 3 is 2.66 bits per heavy atom. The average Bonchev–Trinajstić information content (AvgIpc) is 3.20. The Bertz CT molecular complexity index is 1100. The smallest absolute Gasteiger partial charge is 0.294 e. The Morgan fingerprint density at radius 1 is 1.25 bits per heavy atom. The van der Waals surface area contributed by atoms with Crippen molar-refractivity contribution in [2.45, 2.75) is 31.5 Å². The molecule has 11 heteroatoms. The van der Waals surface area contributed by atoms with Crippen LogP contribution in [0.4, 0.5) is 11.4 Å². The number of unbranched alkanes of at least 4 members (excludes halogenated alkanes) is 1. The lowest BCUT2D eigenvalue weighted by Gasteiger charge is -2.10. The van der Waals surface area contributed by atoms with Crippen molar-refractivity contribution >= 4 is 40.6 Å². The molecule has 3 aromatic rings. The molecular weight excluding hydrogens is 454 g/mol. The third kappa shape index (κ3) is 5.77. The highest BCUT2D eigenvalue weighted by atomic mass is 35.5. The zero-order chi connectivity index (χ0) is 23.1. The second kappa shape index (κ2) is 11.0. The van der Waals surface area contributed by atoms with Gasteiger partial charge in [0.25, 0.3) is 5.69 Å². The number of amides is 1. The minimum atomic E-state index is -0.586. The van der Waals surface area contributed by atoms with E-state index in [1.54, 1.807) is 7.11 Å². The van der Waals surface area contributed by atoms with E-state index in [0.29, 0.717) is 17.5 Å². The van der Waals surface area contributed by atoms with E-state index < -0.39 is 10.8 Å². The van der Waals surface area contributed by atoms with Crippen molar-refractivity contribution in [3.8, 4) is 17.1 Å². The van der Waals surface area contributed by atoms with E-state index in [2.05, 4.69) is 22.4 Å². The highest BCUT2D eigenvalue weighted by Gasteiger charge is 2.19. The molecule has 0 aliphatic carbocycles. The monoisotopic (exact) mass is 475 g/mol. The first kappa shape index (κ1) is 23.6. The van der Waals surface area contributed by atoms with Crippen molar-refractivity contribution in [3.63, 3.8) is 0 Å². The number of thioether (sulfide) groups is 1. The number of carbonyl (C=O) groups is 1. The fourth-order valence-corrected chi connectivity index (χ4v) is 3.88. The van der Waals surface area contributed by atoms with Gasteiger partial charge in [0.05, 0.1) is 17.8 Å². The molecule has 0 saturated carbocycles. The normalized spacial score (nSPS) is 10.7. The quantitative estimate of drug-likeness (QED) is 0.248. The maximum absolute atomic E-state index is 12.5. The summed E-state index contributed by atoms with van der Waals surface area (Å²) in [6.07, 6.45) is 1.92.